The molecule has 1 aliphatic rings. The maximum atomic E-state index is 12.2. The minimum atomic E-state index is -3.59. The first-order valence-corrected chi connectivity index (χ1v) is 9.14. The lowest BCUT2D eigenvalue weighted by Crippen LogP contribution is -2.49. The second-order valence-electron chi connectivity index (χ2n) is 5.86. The predicted octanol–water partition coefficient (Wildman–Crippen LogP) is 0.327. The molecule has 1 fully saturated rings. The van der Waals surface area contributed by atoms with Crippen LogP contribution >= 0.6 is 0 Å². The number of hydrogen-bond donors (Lipinski definition) is 3. The van der Waals surface area contributed by atoms with Crippen LogP contribution in [0, 0.1) is 5.92 Å². The van der Waals surface area contributed by atoms with E-state index in [9.17, 15) is 28.2 Å². The Balaban J connectivity index is 2.10. The van der Waals surface area contributed by atoms with Crippen molar-refractivity contribution in [1.29, 1.82) is 0 Å². The lowest BCUT2D eigenvalue weighted by molar-refractivity contribution is -0.141. The van der Waals surface area contributed by atoms with Gasteiger partial charge in [-0.25, -0.2) is 13.2 Å². The summed E-state index contributed by atoms with van der Waals surface area (Å²) < 4.78 is 23.5. The molecule has 0 aliphatic heterocycles. The number of carbonyl (C=O) groups excluding carboxylic acids is 1. The molecule has 1 aromatic rings. The van der Waals surface area contributed by atoms with Crippen LogP contribution in [0.15, 0.2) is 24.3 Å². The number of aliphatic carboxylic acids is 1. The molecule has 23 heavy (non-hydrogen) atoms. The standard InChI is InChI=1S/C15H19NO6S/c1-23(21,22)13(10-4-5-10)14(18)16-12(15(19)20)8-9-2-6-11(17)7-3-9/h2-3,6-7,10,12-13,17H,4-5,8H2,1H3,(H,16,18)(H,19,20)/t12-,13?/m0/s1. The molecule has 1 aromatic carbocycles. The largest absolute Gasteiger partial charge is 0.508 e. The Morgan fingerprint density at radius 2 is 1.83 bits per heavy atom. The highest BCUT2D eigenvalue weighted by atomic mass is 32.2. The summed E-state index contributed by atoms with van der Waals surface area (Å²) in [7, 11) is -3.59. The van der Waals surface area contributed by atoms with Gasteiger partial charge in [0.1, 0.15) is 17.0 Å². The average Bonchev–Trinajstić information content (AvgIpc) is 3.23. The molecular weight excluding hydrogens is 322 g/mol. The Labute approximate surface area is 134 Å². The van der Waals surface area contributed by atoms with Gasteiger partial charge in [0.15, 0.2) is 9.84 Å². The molecule has 8 heteroatoms. The fourth-order valence-corrected chi connectivity index (χ4v) is 3.91. The summed E-state index contributed by atoms with van der Waals surface area (Å²) in [6.07, 6.45) is 2.30. The molecule has 0 heterocycles. The van der Waals surface area contributed by atoms with Gasteiger partial charge in [-0.3, -0.25) is 4.79 Å². The molecule has 7 nitrogen and oxygen atoms in total. The third kappa shape index (κ3) is 4.69. The Bertz CT molecular complexity index is 693. The van der Waals surface area contributed by atoms with Crippen LogP contribution in [0.5, 0.6) is 5.75 Å². The van der Waals surface area contributed by atoms with E-state index >= 15 is 0 Å². The summed E-state index contributed by atoms with van der Waals surface area (Å²) in [5, 5.41) is 19.6. The van der Waals surface area contributed by atoms with Gasteiger partial charge in [0.25, 0.3) is 0 Å². The van der Waals surface area contributed by atoms with E-state index in [1.807, 2.05) is 0 Å². The van der Waals surface area contributed by atoms with Crippen LogP contribution in [0.3, 0.4) is 0 Å². The highest BCUT2D eigenvalue weighted by Crippen LogP contribution is 2.36. The Kier molecular flexibility index (Phi) is 4.93. The van der Waals surface area contributed by atoms with E-state index in [4.69, 9.17) is 0 Å². The summed E-state index contributed by atoms with van der Waals surface area (Å²) in [5.41, 5.74) is 0.609. The van der Waals surface area contributed by atoms with E-state index in [1.165, 1.54) is 12.1 Å². The molecule has 126 valence electrons. The highest BCUT2D eigenvalue weighted by molar-refractivity contribution is 7.92. The molecule has 1 amide bonds. The number of nitrogens with one attached hydrogen (secondary N) is 1. The number of carboxylic acid groups (broad SMARTS) is 1. The second-order valence-corrected chi connectivity index (χ2v) is 8.02. The zero-order valence-corrected chi connectivity index (χ0v) is 13.4. The summed E-state index contributed by atoms with van der Waals surface area (Å²) in [6, 6.07) is 4.70. The zero-order chi connectivity index (χ0) is 17.2. The van der Waals surface area contributed by atoms with Gasteiger partial charge in [0, 0.05) is 12.7 Å². The maximum absolute atomic E-state index is 12.2. The quantitative estimate of drug-likeness (QED) is 0.657. The number of aromatic hydroxyl groups is 1. The van der Waals surface area contributed by atoms with Crippen molar-refractivity contribution in [3.8, 4) is 5.75 Å². The van der Waals surface area contributed by atoms with Crippen LogP contribution in [-0.4, -0.2) is 48.1 Å². The number of carboxylic acids is 1. The van der Waals surface area contributed by atoms with Gasteiger partial charge in [-0.1, -0.05) is 12.1 Å². The number of sulfone groups is 1. The molecular formula is C15H19NO6S. The first kappa shape index (κ1) is 17.3. The Hall–Kier alpha value is -2.09. The molecule has 2 rings (SSSR count). The SMILES string of the molecule is CS(=O)(=O)C(C(=O)N[C@@H](Cc1ccc(O)cc1)C(=O)O)C1CC1. The fourth-order valence-electron chi connectivity index (χ4n) is 2.48. The molecule has 0 spiro atoms. The van der Waals surface area contributed by atoms with E-state index < -0.39 is 33.0 Å². The molecule has 0 radical (unpaired) electrons. The minimum absolute atomic E-state index is 0.00248. The van der Waals surface area contributed by atoms with Gasteiger partial charge in [-0.2, -0.15) is 0 Å². The van der Waals surface area contributed by atoms with Crippen LogP contribution < -0.4 is 5.32 Å². The molecule has 1 unspecified atom stereocenters. The average molecular weight is 341 g/mol. The monoisotopic (exact) mass is 341 g/mol. The lowest BCUT2D eigenvalue weighted by atomic mass is 10.1. The molecule has 0 saturated heterocycles. The van der Waals surface area contributed by atoms with Gasteiger partial charge in [0.05, 0.1) is 0 Å². The van der Waals surface area contributed by atoms with Crippen molar-refractivity contribution in [2.45, 2.75) is 30.6 Å². The van der Waals surface area contributed by atoms with Gasteiger partial charge < -0.3 is 15.5 Å². The highest BCUT2D eigenvalue weighted by Gasteiger charge is 2.43. The Morgan fingerprint density at radius 3 is 2.26 bits per heavy atom. The predicted molar refractivity (Wildman–Crippen MR) is 82.7 cm³/mol. The molecule has 3 N–H and O–H groups in total. The van der Waals surface area contributed by atoms with Crippen molar-refractivity contribution >= 4 is 21.7 Å². The van der Waals surface area contributed by atoms with Crippen molar-refractivity contribution in [3.63, 3.8) is 0 Å². The molecule has 0 aromatic heterocycles. The normalized spacial score (nSPS) is 17.3. The summed E-state index contributed by atoms with van der Waals surface area (Å²) >= 11 is 0. The van der Waals surface area contributed by atoms with Gasteiger partial charge in [-0.15, -0.1) is 0 Å². The van der Waals surface area contributed by atoms with Gasteiger partial charge >= 0.3 is 5.97 Å². The topological polar surface area (TPSA) is 121 Å². The van der Waals surface area contributed by atoms with Crippen molar-refractivity contribution in [2.75, 3.05) is 6.26 Å². The number of phenols is 1. The van der Waals surface area contributed by atoms with Crippen molar-refractivity contribution in [2.24, 2.45) is 5.92 Å². The van der Waals surface area contributed by atoms with Crippen molar-refractivity contribution in [1.82, 2.24) is 5.32 Å². The molecule has 1 saturated carbocycles. The second kappa shape index (κ2) is 6.57. The number of rotatable bonds is 7. The molecule has 2 atom stereocenters. The summed E-state index contributed by atoms with van der Waals surface area (Å²) in [4.78, 5) is 23.6. The first-order chi connectivity index (χ1) is 10.7. The number of hydrogen-bond acceptors (Lipinski definition) is 5. The van der Waals surface area contributed by atoms with Crippen LogP contribution in [0.25, 0.3) is 0 Å². The van der Waals surface area contributed by atoms with Crippen LogP contribution in [0.4, 0.5) is 0 Å². The smallest absolute Gasteiger partial charge is 0.326 e. The van der Waals surface area contributed by atoms with E-state index in [-0.39, 0.29) is 18.1 Å². The van der Waals surface area contributed by atoms with Gasteiger partial charge in [-0.05, 0) is 36.5 Å². The number of carbonyl (C=O) groups is 2. The third-order valence-corrected chi connectivity index (χ3v) is 5.28. The summed E-state index contributed by atoms with van der Waals surface area (Å²) in [6.45, 7) is 0. The van der Waals surface area contributed by atoms with Crippen molar-refractivity contribution < 1.29 is 28.2 Å². The van der Waals surface area contributed by atoms with Crippen LogP contribution in [-0.2, 0) is 25.8 Å². The van der Waals surface area contributed by atoms with E-state index in [0.29, 0.717) is 18.4 Å². The maximum Gasteiger partial charge on any atom is 0.326 e. The Morgan fingerprint density at radius 1 is 1.26 bits per heavy atom. The molecule has 0 bridgehead atoms. The van der Waals surface area contributed by atoms with E-state index in [2.05, 4.69) is 5.32 Å². The molecule has 1 aliphatic carbocycles. The fraction of sp³-hybridized carbons (Fsp3) is 0.467. The van der Waals surface area contributed by atoms with Crippen LogP contribution in [0.2, 0.25) is 0 Å². The number of amides is 1. The van der Waals surface area contributed by atoms with E-state index in [1.54, 1.807) is 12.1 Å². The zero-order valence-electron chi connectivity index (χ0n) is 12.6. The number of benzene rings is 1. The first-order valence-electron chi connectivity index (χ1n) is 7.18. The van der Waals surface area contributed by atoms with Crippen LogP contribution in [0.1, 0.15) is 18.4 Å². The lowest BCUT2D eigenvalue weighted by Gasteiger charge is -2.19. The van der Waals surface area contributed by atoms with Gasteiger partial charge in [0.2, 0.25) is 5.91 Å². The van der Waals surface area contributed by atoms with E-state index in [0.717, 1.165) is 6.26 Å². The summed E-state index contributed by atoms with van der Waals surface area (Å²) in [5.74, 6) is -2.18. The minimum Gasteiger partial charge on any atom is -0.508 e. The third-order valence-electron chi connectivity index (χ3n) is 3.76. The van der Waals surface area contributed by atoms with Crippen molar-refractivity contribution in [3.05, 3.63) is 29.8 Å². The number of phenolic OH excluding ortho intramolecular Hbond substituents is 1.